The summed E-state index contributed by atoms with van der Waals surface area (Å²) in [6, 6.07) is 19.6. The van der Waals surface area contributed by atoms with E-state index in [-0.39, 0.29) is 16.9 Å². The zero-order valence-corrected chi connectivity index (χ0v) is 22.1. The van der Waals surface area contributed by atoms with Crippen LogP contribution in [0.5, 0.6) is 11.5 Å². The van der Waals surface area contributed by atoms with Gasteiger partial charge in [-0.3, -0.25) is 14.9 Å². The fraction of sp³-hybridized carbons (Fsp3) is 0.222. The van der Waals surface area contributed by atoms with Crippen LogP contribution >= 0.6 is 23.8 Å². The average molecular weight is 539 g/mol. The first-order valence-electron chi connectivity index (χ1n) is 11.6. The van der Waals surface area contributed by atoms with Crippen molar-refractivity contribution in [1.82, 2.24) is 10.2 Å². The fourth-order valence-corrected chi connectivity index (χ4v) is 4.31. The summed E-state index contributed by atoms with van der Waals surface area (Å²) in [4.78, 5) is 29.4. The van der Waals surface area contributed by atoms with Gasteiger partial charge in [-0.2, -0.15) is 0 Å². The lowest BCUT2D eigenvalue weighted by Gasteiger charge is -2.36. The van der Waals surface area contributed by atoms with Gasteiger partial charge in [-0.25, -0.2) is 0 Å². The summed E-state index contributed by atoms with van der Waals surface area (Å²) >= 11 is 11.2. The van der Waals surface area contributed by atoms with Gasteiger partial charge in [0.15, 0.2) is 5.11 Å². The first kappa shape index (κ1) is 26.2. The van der Waals surface area contributed by atoms with Gasteiger partial charge in [-0.1, -0.05) is 11.6 Å². The zero-order chi connectivity index (χ0) is 26.4. The van der Waals surface area contributed by atoms with E-state index in [1.54, 1.807) is 42.5 Å². The van der Waals surface area contributed by atoms with Crippen LogP contribution < -0.4 is 25.0 Å². The number of anilines is 2. The van der Waals surface area contributed by atoms with Crippen molar-refractivity contribution in [3.05, 3.63) is 82.9 Å². The third kappa shape index (κ3) is 6.69. The molecule has 0 bridgehead atoms. The maximum atomic E-state index is 12.7. The van der Waals surface area contributed by atoms with Gasteiger partial charge >= 0.3 is 0 Å². The molecular weight excluding hydrogens is 512 g/mol. The van der Waals surface area contributed by atoms with Crippen LogP contribution in [0.25, 0.3) is 0 Å². The molecule has 0 aliphatic carbocycles. The number of benzene rings is 3. The minimum atomic E-state index is -0.377. The summed E-state index contributed by atoms with van der Waals surface area (Å²) in [5.74, 6) is 0.652. The molecule has 0 unspecified atom stereocenters. The molecular formula is C27H27ClN4O4S. The lowest BCUT2D eigenvalue weighted by atomic mass is 10.1. The van der Waals surface area contributed by atoms with Crippen molar-refractivity contribution in [3.8, 4) is 11.5 Å². The minimum absolute atomic E-state index is 0.0128. The molecule has 10 heteroatoms. The maximum absolute atomic E-state index is 12.7. The molecule has 1 aliphatic heterocycles. The second-order valence-electron chi connectivity index (χ2n) is 8.34. The van der Waals surface area contributed by atoms with Gasteiger partial charge in [0.2, 0.25) is 0 Å². The number of carbonyl (C=O) groups is 2. The van der Waals surface area contributed by atoms with Crippen molar-refractivity contribution >= 4 is 52.1 Å². The van der Waals surface area contributed by atoms with E-state index in [2.05, 4.69) is 15.5 Å². The van der Waals surface area contributed by atoms with Crippen molar-refractivity contribution in [2.45, 2.75) is 0 Å². The molecule has 4 rings (SSSR count). The van der Waals surface area contributed by atoms with E-state index in [1.807, 2.05) is 29.2 Å². The van der Waals surface area contributed by atoms with Crippen molar-refractivity contribution in [2.24, 2.45) is 0 Å². The largest absolute Gasteiger partial charge is 0.497 e. The van der Waals surface area contributed by atoms with Crippen molar-refractivity contribution in [2.75, 3.05) is 50.6 Å². The number of piperazine rings is 1. The standard InChI is InChI=1S/C27H27ClN4O4S/c1-35-23-15-19(16-24(17-23)36-2)25(33)30-27(37)29-21-7-9-22(10-8-21)31-11-13-32(14-12-31)26(34)18-3-5-20(28)6-4-18/h3-10,15-17H,11-14H2,1-2H3,(H2,29,30,33,37). The highest BCUT2D eigenvalue weighted by atomic mass is 35.5. The van der Waals surface area contributed by atoms with Crippen LogP contribution in [0.3, 0.4) is 0 Å². The number of rotatable bonds is 6. The molecule has 1 heterocycles. The molecule has 192 valence electrons. The van der Waals surface area contributed by atoms with Crippen LogP contribution in [0.2, 0.25) is 5.02 Å². The van der Waals surface area contributed by atoms with Crippen LogP contribution in [0, 0.1) is 0 Å². The predicted molar refractivity (Wildman–Crippen MR) is 149 cm³/mol. The number of nitrogens with zero attached hydrogens (tertiary/aromatic N) is 2. The topological polar surface area (TPSA) is 83.1 Å². The number of ether oxygens (including phenoxy) is 2. The van der Waals surface area contributed by atoms with Gasteiger partial charge in [0.25, 0.3) is 11.8 Å². The summed E-state index contributed by atoms with van der Waals surface area (Å²) in [6.45, 7) is 2.72. The number of amides is 2. The summed E-state index contributed by atoms with van der Waals surface area (Å²) in [7, 11) is 3.04. The Hall–Kier alpha value is -3.82. The van der Waals surface area contributed by atoms with E-state index >= 15 is 0 Å². The number of nitrogens with one attached hydrogen (secondary N) is 2. The quantitative estimate of drug-likeness (QED) is 0.449. The molecule has 0 aromatic heterocycles. The highest BCUT2D eigenvalue weighted by molar-refractivity contribution is 7.80. The Morgan fingerprint density at radius 1 is 0.838 bits per heavy atom. The zero-order valence-electron chi connectivity index (χ0n) is 20.5. The van der Waals surface area contributed by atoms with Crippen LogP contribution in [0.4, 0.5) is 11.4 Å². The molecule has 37 heavy (non-hydrogen) atoms. The third-order valence-electron chi connectivity index (χ3n) is 5.99. The first-order chi connectivity index (χ1) is 17.9. The average Bonchev–Trinajstić information content (AvgIpc) is 2.93. The lowest BCUT2D eigenvalue weighted by molar-refractivity contribution is 0.0746. The molecule has 1 fully saturated rings. The number of methoxy groups -OCH3 is 2. The van der Waals surface area contributed by atoms with Gasteiger partial charge in [0, 0.05) is 59.8 Å². The molecule has 2 amide bonds. The van der Waals surface area contributed by atoms with Crippen LogP contribution in [0.1, 0.15) is 20.7 Å². The molecule has 2 N–H and O–H groups in total. The Bertz CT molecular complexity index is 1250. The Kier molecular flexibility index (Phi) is 8.47. The number of carbonyl (C=O) groups excluding carboxylic acids is 2. The van der Waals surface area contributed by atoms with Crippen LogP contribution in [-0.2, 0) is 0 Å². The lowest BCUT2D eigenvalue weighted by Crippen LogP contribution is -2.48. The summed E-state index contributed by atoms with van der Waals surface area (Å²) in [6.07, 6.45) is 0. The second-order valence-corrected chi connectivity index (χ2v) is 9.19. The summed E-state index contributed by atoms with van der Waals surface area (Å²) in [5.41, 5.74) is 2.79. The normalized spacial score (nSPS) is 13.1. The Morgan fingerprint density at radius 2 is 1.43 bits per heavy atom. The molecule has 0 atom stereocenters. The molecule has 0 radical (unpaired) electrons. The fourth-order valence-electron chi connectivity index (χ4n) is 3.97. The van der Waals surface area contributed by atoms with Crippen molar-refractivity contribution in [1.29, 1.82) is 0 Å². The second kappa shape index (κ2) is 11.9. The highest BCUT2D eigenvalue weighted by Gasteiger charge is 2.22. The molecule has 1 aliphatic rings. The number of thiocarbonyl (C=S) groups is 1. The SMILES string of the molecule is COc1cc(OC)cc(C(=O)NC(=S)Nc2ccc(N3CCN(C(=O)c4ccc(Cl)cc4)CC3)cc2)c1. The van der Waals surface area contributed by atoms with Crippen LogP contribution in [-0.4, -0.2) is 62.2 Å². The monoisotopic (exact) mass is 538 g/mol. The molecule has 0 spiro atoms. The third-order valence-corrected chi connectivity index (χ3v) is 6.45. The Labute approximate surface area is 226 Å². The van der Waals surface area contributed by atoms with Crippen LogP contribution in [0.15, 0.2) is 66.7 Å². The smallest absolute Gasteiger partial charge is 0.257 e. The molecule has 0 saturated carbocycles. The summed E-state index contributed by atoms with van der Waals surface area (Å²) < 4.78 is 10.4. The molecule has 1 saturated heterocycles. The van der Waals surface area contributed by atoms with Gasteiger partial charge < -0.3 is 24.6 Å². The number of hydrogen-bond donors (Lipinski definition) is 2. The maximum Gasteiger partial charge on any atom is 0.257 e. The summed E-state index contributed by atoms with van der Waals surface area (Å²) in [5, 5.41) is 6.49. The van der Waals surface area contributed by atoms with E-state index in [1.165, 1.54) is 14.2 Å². The van der Waals surface area contributed by atoms with Gasteiger partial charge in [-0.05, 0) is 72.9 Å². The predicted octanol–water partition coefficient (Wildman–Crippen LogP) is 4.45. The molecule has 3 aromatic rings. The molecule has 3 aromatic carbocycles. The van der Waals surface area contributed by atoms with Gasteiger partial charge in [0.05, 0.1) is 14.2 Å². The van der Waals surface area contributed by atoms with E-state index < -0.39 is 0 Å². The van der Waals surface area contributed by atoms with E-state index in [4.69, 9.17) is 33.3 Å². The number of halogens is 1. The molecule has 8 nitrogen and oxygen atoms in total. The van der Waals surface area contributed by atoms with Crippen molar-refractivity contribution in [3.63, 3.8) is 0 Å². The van der Waals surface area contributed by atoms with E-state index in [0.717, 1.165) is 24.5 Å². The van der Waals surface area contributed by atoms with E-state index in [0.29, 0.717) is 40.7 Å². The van der Waals surface area contributed by atoms with Gasteiger partial charge in [0.1, 0.15) is 11.5 Å². The highest BCUT2D eigenvalue weighted by Crippen LogP contribution is 2.23. The van der Waals surface area contributed by atoms with Crippen molar-refractivity contribution < 1.29 is 19.1 Å². The minimum Gasteiger partial charge on any atom is -0.497 e. The van der Waals surface area contributed by atoms with E-state index in [9.17, 15) is 9.59 Å². The first-order valence-corrected chi connectivity index (χ1v) is 12.4. The Morgan fingerprint density at radius 3 is 2.00 bits per heavy atom. The van der Waals surface area contributed by atoms with Gasteiger partial charge in [-0.15, -0.1) is 0 Å². The number of hydrogen-bond acceptors (Lipinski definition) is 6. The Balaban J connectivity index is 1.29.